The summed E-state index contributed by atoms with van der Waals surface area (Å²) >= 11 is 0. The van der Waals surface area contributed by atoms with Crippen LogP contribution in [0, 0.1) is 5.82 Å². The summed E-state index contributed by atoms with van der Waals surface area (Å²) in [5.41, 5.74) is 0.278. The van der Waals surface area contributed by atoms with Crippen LogP contribution in [0.1, 0.15) is 19.3 Å². The quantitative estimate of drug-likeness (QED) is 0.860. The molecular formula is C17H22FN5O2S. The van der Waals surface area contributed by atoms with Crippen LogP contribution in [0.3, 0.4) is 0 Å². The molecule has 2 heterocycles. The Kier molecular flexibility index (Phi) is 5.26. The van der Waals surface area contributed by atoms with Gasteiger partial charge in [0, 0.05) is 27.2 Å². The number of anilines is 3. The molecule has 0 radical (unpaired) electrons. The SMILES string of the molecule is CN(C)c1nc(N2CCCCC2)ncc1NS(=O)(=O)c1ccc(F)cc1. The number of nitrogens with one attached hydrogen (secondary N) is 1. The summed E-state index contributed by atoms with van der Waals surface area (Å²) in [4.78, 5) is 12.7. The Balaban J connectivity index is 1.90. The number of rotatable bonds is 5. The van der Waals surface area contributed by atoms with Crippen molar-refractivity contribution in [2.75, 3.05) is 41.7 Å². The Labute approximate surface area is 152 Å². The monoisotopic (exact) mass is 379 g/mol. The van der Waals surface area contributed by atoms with Gasteiger partial charge in [-0.15, -0.1) is 0 Å². The smallest absolute Gasteiger partial charge is 0.262 e. The van der Waals surface area contributed by atoms with Gasteiger partial charge in [-0.1, -0.05) is 0 Å². The maximum absolute atomic E-state index is 13.0. The summed E-state index contributed by atoms with van der Waals surface area (Å²) in [5.74, 6) is 0.580. The highest BCUT2D eigenvalue weighted by Gasteiger charge is 2.21. The Morgan fingerprint density at radius 3 is 2.38 bits per heavy atom. The predicted octanol–water partition coefficient (Wildman–Crippen LogP) is 2.47. The average molecular weight is 379 g/mol. The van der Waals surface area contributed by atoms with Crippen molar-refractivity contribution in [3.8, 4) is 0 Å². The first-order valence-corrected chi connectivity index (χ1v) is 9.93. The molecule has 140 valence electrons. The summed E-state index contributed by atoms with van der Waals surface area (Å²) in [6.07, 6.45) is 4.87. The molecule has 0 spiro atoms. The Morgan fingerprint density at radius 1 is 1.12 bits per heavy atom. The normalized spacial score (nSPS) is 15.0. The zero-order valence-electron chi connectivity index (χ0n) is 14.8. The van der Waals surface area contributed by atoms with E-state index < -0.39 is 15.8 Å². The van der Waals surface area contributed by atoms with E-state index in [-0.39, 0.29) is 10.6 Å². The van der Waals surface area contributed by atoms with Crippen LogP contribution < -0.4 is 14.5 Å². The Morgan fingerprint density at radius 2 is 1.77 bits per heavy atom. The van der Waals surface area contributed by atoms with E-state index in [1.54, 1.807) is 19.0 Å². The second-order valence-electron chi connectivity index (χ2n) is 6.41. The average Bonchev–Trinajstić information content (AvgIpc) is 2.62. The minimum atomic E-state index is -3.86. The molecule has 1 aromatic heterocycles. The first-order valence-electron chi connectivity index (χ1n) is 8.44. The number of halogens is 1. The second kappa shape index (κ2) is 7.45. The van der Waals surface area contributed by atoms with Crippen LogP contribution in [-0.2, 0) is 10.0 Å². The van der Waals surface area contributed by atoms with Crippen molar-refractivity contribution >= 4 is 27.5 Å². The fourth-order valence-corrected chi connectivity index (χ4v) is 3.89. The van der Waals surface area contributed by atoms with Crippen molar-refractivity contribution in [3.05, 3.63) is 36.3 Å². The molecule has 0 bridgehead atoms. The third-order valence-corrected chi connectivity index (χ3v) is 5.57. The highest BCUT2D eigenvalue weighted by molar-refractivity contribution is 7.92. The number of nitrogens with zero attached hydrogens (tertiary/aromatic N) is 4. The van der Waals surface area contributed by atoms with Crippen molar-refractivity contribution < 1.29 is 12.8 Å². The summed E-state index contributed by atoms with van der Waals surface area (Å²) in [5, 5.41) is 0. The zero-order valence-corrected chi connectivity index (χ0v) is 15.6. The highest BCUT2D eigenvalue weighted by atomic mass is 32.2. The summed E-state index contributed by atoms with van der Waals surface area (Å²) in [6, 6.07) is 4.65. The minimum Gasteiger partial charge on any atom is -0.361 e. The van der Waals surface area contributed by atoms with E-state index in [1.807, 2.05) is 0 Å². The van der Waals surface area contributed by atoms with E-state index in [0.29, 0.717) is 11.8 Å². The van der Waals surface area contributed by atoms with Crippen LogP contribution in [0.15, 0.2) is 35.4 Å². The Bertz CT molecular complexity index is 865. The van der Waals surface area contributed by atoms with Crippen LogP contribution in [0.2, 0.25) is 0 Å². The molecule has 1 fully saturated rings. The van der Waals surface area contributed by atoms with E-state index >= 15 is 0 Å². The van der Waals surface area contributed by atoms with Gasteiger partial charge in [-0.3, -0.25) is 4.72 Å². The van der Waals surface area contributed by atoms with E-state index in [2.05, 4.69) is 19.6 Å². The molecule has 0 aliphatic carbocycles. The molecule has 9 heteroatoms. The molecular weight excluding hydrogens is 357 g/mol. The van der Waals surface area contributed by atoms with Crippen molar-refractivity contribution in [2.24, 2.45) is 0 Å². The lowest BCUT2D eigenvalue weighted by molar-refractivity contribution is 0.568. The van der Waals surface area contributed by atoms with Gasteiger partial charge in [0.2, 0.25) is 5.95 Å². The molecule has 1 aliphatic heterocycles. The number of piperidine rings is 1. The molecule has 26 heavy (non-hydrogen) atoms. The van der Waals surface area contributed by atoms with E-state index in [4.69, 9.17) is 0 Å². The third-order valence-electron chi connectivity index (χ3n) is 4.19. The lowest BCUT2D eigenvalue weighted by Gasteiger charge is -2.28. The van der Waals surface area contributed by atoms with Gasteiger partial charge in [0.1, 0.15) is 11.5 Å². The van der Waals surface area contributed by atoms with Gasteiger partial charge in [-0.2, -0.15) is 4.98 Å². The third kappa shape index (κ3) is 4.04. The zero-order chi connectivity index (χ0) is 18.7. The highest BCUT2D eigenvalue weighted by Crippen LogP contribution is 2.27. The topological polar surface area (TPSA) is 78.4 Å². The molecule has 1 N–H and O–H groups in total. The van der Waals surface area contributed by atoms with Crippen LogP contribution >= 0.6 is 0 Å². The standard InChI is InChI=1S/C17H22FN5O2S/c1-22(2)16-15(12-19-17(20-16)23-10-4-3-5-11-23)21-26(24,25)14-8-6-13(18)7-9-14/h6-9,12,21H,3-5,10-11H2,1-2H3. The van der Waals surface area contributed by atoms with E-state index in [9.17, 15) is 12.8 Å². The summed E-state index contributed by atoms with van der Waals surface area (Å²) < 4.78 is 40.7. The molecule has 0 unspecified atom stereocenters. The van der Waals surface area contributed by atoms with Crippen molar-refractivity contribution in [1.29, 1.82) is 0 Å². The molecule has 3 rings (SSSR count). The summed E-state index contributed by atoms with van der Waals surface area (Å²) in [6.45, 7) is 1.79. The van der Waals surface area contributed by atoms with Crippen LogP contribution in [0.25, 0.3) is 0 Å². The fraction of sp³-hybridized carbons (Fsp3) is 0.412. The van der Waals surface area contributed by atoms with Crippen molar-refractivity contribution in [3.63, 3.8) is 0 Å². The van der Waals surface area contributed by atoms with Gasteiger partial charge >= 0.3 is 0 Å². The van der Waals surface area contributed by atoms with Gasteiger partial charge in [-0.25, -0.2) is 17.8 Å². The number of sulfonamides is 1. The number of benzene rings is 1. The molecule has 0 atom stereocenters. The lowest BCUT2D eigenvalue weighted by Crippen LogP contribution is -2.31. The van der Waals surface area contributed by atoms with Crippen LogP contribution in [0.5, 0.6) is 0 Å². The van der Waals surface area contributed by atoms with Gasteiger partial charge in [0.15, 0.2) is 5.82 Å². The largest absolute Gasteiger partial charge is 0.361 e. The number of hydrogen-bond donors (Lipinski definition) is 1. The summed E-state index contributed by atoms with van der Waals surface area (Å²) in [7, 11) is -0.281. The van der Waals surface area contributed by atoms with Gasteiger partial charge in [0.05, 0.1) is 11.1 Å². The van der Waals surface area contributed by atoms with E-state index in [1.165, 1.54) is 24.8 Å². The van der Waals surface area contributed by atoms with E-state index in [0.717, 1.165) is 38.1 Å². The maximum atomic E-state index is 13.0. The number of hydrogen-bond acceptors (Lipinski definition) is 6. The predicted molar refractivity (Wildman–Crippen MR) is 99.6 cm³/mol. The molecule has 0 amide bonds. The molecule has 1 aliphatic rings. The van der Waals surface area contributed by atoms with Gasteiger partial charge in [0.25, 0.3) is 10.0 Å². The van der Waals surface area contributed by atoms with Gasteiger partial charge in [-0.05, 0) is 43.5 Å². The first kappa shape index (κ1) is 18.4. The molecule has 7 nitrogen and oxygen atoms in total. The molecule has 1 aromatic carbocycles. The Hall–Kier alpha value is -2.42. The fourth-order valence-electron chi connectivity index (χ4n) is 2.84. The minimum absolute atomic E-state index is 0.0243. The maximum Gasteiger partial charge on any atom is 0.262 e. The first-order chi connectivity index (χ1) is 12.4. The molecule has 0 saturated carbocycles. The molecule has 1 saturated heterocycles. The van der Waals surface area contributed by atoms with Crippen LogP contribution in [-0.4, -0.2) is 45.6 Å². The lowest BCUT2D eigenvalue weighted by atomic mass is 10.1. The van der Waals surface area contributed by atoms with Crippen molar-refractivity contribution in [2.45, 2.75) is 24.2 Å². The van der Waals surface area contributed by atoms with Gasteiger partial charge < -0.3 is 9.80 Å². The number of aromatic nitrogens is 2. The van der Waals surface area contributed by atoms with Crippen LogP contribution in [0.4, 0.5) is 21.8 Å². The molecule has 2 aromatic rings. The van der Waals surface area contributed by atoms with Crippen molar-refractivity contribution in [1.82, 2.24) is 9.97 Å². The second-order valence-corrected chi connectivity index (χ2v) is 8.09.